The molecule has 3 nitrogen and oxygen atoms in total. The SMILES string of the molecule is C=CC1=C(N=C)CN(C(C)=O)CC1. The zero-order valence-electron chi connectivity index (χ0n) is 7.92. The van der Waals surface area contributed by atoms with Crippen LogP contribution in [0.4, 0.5) is 0 Å². The monoisotopic (exact) mass is 178 g/mol. The van der Waals surface area contributed by atoms with Crippen molar-refractivity contribution in [3.05, 3.63) is 23.9 Å². The second kappa shape index (κ2) is 4.03. The molecule has 0 aliphatic carbocycles. The van der Waals surface area contributed by atoms with Crippen LogP contribution in [-0.2, 0) is 4.79 Å². The Hall–Kier alpha value is -1.38. The van der Waals surface area contributed by atoms with Crippen molar-refractivity contribution in [1.82, 2.24) is 4.90 Å². The Kier molecular flexibility index (Phi) is 3.01. The molecule has 1 rings (SSSR count). The molecule has 0 fully saturated rings. The molecule has 0 spiro atoms. The standard InChI is InChI=1S/C10H14N2O/c1-4-9-5-6-12(8(2)13)7-10(9)11-3/h4H,1,3,5-7H2,2H3. The Morgan fingerprint density at radius 2 is 2.38 bits per heavy atom. The van der Waals surface area contributed by atoms with Crippen LogP contribution >= 0.6 is 0 Å². The summed E-state index contributed by atoms with van der Waals surface area (Å²) in [6.07, 6.45) is 2.62. The van der Waals surface area contributed by atoms with Crippen molar-refractivity contribution < 1.29 is 4.79 Å². The number of hydrogen-bond donors (Lipinski definition) is 0. The third kappa shape index (κ3) is 2.05. The molecule has 0 aromatic carbocycles. The van der Waals surface area contributed by atoms with Gasteiger partial charge in [-0.1, -0.05) is 12.7 Å². The van der Waals surface area contributed by atoms with Gasteiger partial charge in [0.15, 0.2) is 0 Å². The van der Waals surface area contributed by atoms with Crippen LogP contribution in [0.3, 0.4) is 0 Å². The van der Waals surface area contributed by atoms with Crippen LogP contribution in [0.1, 0.15) is 13.3 Å². The van der Waals surface area contributed by atoms with Crippen LogP contribution in [0, 0.1) is 0 Å². The predicted octanol–water partition coefficient (Wildman–Crippen LogP) is 1.38. The molecule has 70 valence electrons. The van der Waals surface area contributed by atoms with Gasteiger partial charge in [0.1, 0.15) is 0 Å². The predicted molar refractivity (Wildman–Crippen MR) is 53.6 cm³/mol. The average molecular weight is 178 g/mol. The number of carbonyl (C=O) groups excluding carboxylic acids is 1. The normalized spacial score (nSPS) is 17.2. The lowest BCUT2D eigenvalue weighted by molar-refractivity contribution is -0.128. The lowest BCUT2D eigenvalue weighted by Crippen LogP contribution is -2.34. The lowest BCUT2D eigenvalue weighted by atomic mass is 10.1. The fourth-order valence-corrected chi connectivity index (χ4v) is 1.40. The first-order chi connectivity index (χ1) is 6.19. The summed E-state index contributed by atoms with van der Waals surface area (Å²) in [7, 11) is 0. The van der Waals surface area contributed by atoms with E-state index in [-0.39, 0.29) is 5.91 Å². The van der Waals surface area contributed by atoms with Gasteiger partial charge in [0.2, 0.25) is 5.91 Å². The zero-order chi connectivity index (χ0) is 9.84. The Balaban J connectivity index is 2.83. The van der Waals surface area contributed by atoms with E-state index in [0.29, 0.717) is 6.54 Å². The van der Waals surface area contributed by atoms with Crippen LogP contribution in [0.2, 0.25) is 0 Å². The molecule has 0 aromatic heterocycles. The van der Waals surface area contributed by atoms with Gasteiger partial charge in [-0.05, 0) is 18.7 Å². The Morgan fingerprint density at radius 1 is 1.69 bits per heavy atom. The van der Waals surface area contributed by atoms with Gasteiger partial charge in [0, 0.05) is 13.5 Å². The molecule has 1 amide bonds. The molecule has 0 saturated heterocycles. The highest BCUT2D eigenvalue weighted by atomic mass is 16.2. The van der Waals surface area contributed by atoms with Crippen LogP contribution in [0.25, 0.3) is 0 Å². The van der Waals surface area contributed by atoms with Crippen molar-refractivity contribution in [1.29, 1.82) is 0 Å². The minimum Gasteiger partial charge on any atom is -0.337 e. The fraction of sp³-hybridized carbons (Fsp3) is 0.400. The van der Waals surface area contributed by atoms with Crippen LogP contribution in [0.5, 0.6) is 0 Å². The maximum Gasteiger partial charge on any atom is 0.219 e. The number of allylic oxidation sites excluding steroid dienone is 1. The summed E-state index contributed by atoms with van der Waals surface area (Å²) in [6, 6.07) is 0. The maximum atomic E-state index is 11.1. The van der Waals surface area contributed by atoms with Gasteiger partial charge in [-0.25, -0.2) is 0 Å². The first kappa shape index (κ1) is 9.71. The van der Waals surface area contributed by atoms with E-state index in [1.54, 1.807) is 17.9 Å². The molecule has 0 N–H and O–H groups in total. The number of hydrogen-bond acceptors (Lipinski definition) is 2. The van der Waals surface area contributed by atoms with Gasteiger partial charge >= 0.3 is 0 Å². The van der Waals surface area contributed by atoms with E-state index in [4.69, 9.17) is 0 Å². The molecular weight excluding hydrogens is 164 g/mol. The molecule has 0 bridgehead atoms. The number of nitrogens with zero attached hydrogens (tertiary/aromatic N) is 2. The molecule has 3 heteroatoms. The van der Waals surface area contributed by atoms with Gasteiger partial charge in [-0.3, -0.25) is 9.79 Å². The number of carbonyl (C=O) groups is 1. The smallest absolute Gasteiger partial charge is 0.219 e. The third-order valence-corrected chi connectivity index (χ3v) is 2.24. The third-order valence-electron chi connectivity index (χ3n) is 2.24. The molecule has 0 unspecified atom stereocenters. The van der Waals surface area contributed by atoms with Crippen molar-refractivity contribution in [3.8, 4) is 0 Å². The minimum atomic E-state index is 0.0873. The summed E-state index contributed by atoms with van der Waals surface area (Å²) in [5.41, 5.74) is 1.98. The Labute approximate surface area is 78.5 Å². The Bertz CT molecular complexity index is 279. The fourth-order valence-electron chi connectivity index (χ4n) is 1.40. The van der Waals surface area contributed by atoms with E-state index < -0.39 is 0 Å². The van der Waals surface area contributed by atoms with Crippen molar-refractivity contribution in [3.63, 3.8) is 0 Å². The first-order valence-corrected chi connectivity index (χ1v) is 4.25. The van der Waals surface area contributed by atoms with Crippen LogP contribution in [-0.4, -0.2) is 30.6 Å². The molecule has 0 aromatic rings. The highest BCUT2D eigenvalue weighted by Crippen LogP contribution is 2.19. The van der Waals surface area contributed by atoms with E-state index in [1.807, 2.05) is 0 Å². The van der Waals surface area contributed by atoms with E-state index >= 15 is 0 Å². The summed E-state index contributed by atoms with van der Waals surface area (Å²) in [4.78, 5) is 16.7. The summed E-state index contributed by atoms with van der Waals surface area (Å²) in [5.74, 6) is 0.0873. The highest BCUT2D eigenvalue weighted by Gasteiger charge is 2.17. The summed E-state index contributed by atoms with van der Waals surface area (Å²) < 4.78 is 0. The quantitative estimate of drug-likeness (QED) is 0.588. The number of aliphatic imine (C=N–C) groups is 1. The van der Waals surface area contributed by atoms with Crippen molar-refractivity contribution in [2.45, 2.75) is 13.3 Å². The van der Waals surface area contributed by atoms with Crippen LogP contribution in [0.15, 0.2) is 28.9 Å². The molecule has 1 aliphatic heterocycles. The van der Waals surface area contributed by atoms with Gasteiger partial charge < -0.3 is 4.90 Å². The number of amides is 1. The largest absolute Gasteiger partial charge is 0.337 e. The first-order valence-electron chi connectivity index (χ1n) is 4.25. The molecule has 1 aliphatic rings. The van der Waals surface area contributed by atoms with E-state index in [9.17, 15) is 4.79 Å². The van der Waals surface area contributed by atoms with Gasteiger partial charge in [0.25, 0.3) is 0 Å². The van der Waals surface area contributed by atoms with E-state index in [2.05, 4.69) is 18.3 Å². The van der Waals surface area contributed by atoms with Gasteiger partial charge in [-0.2, -0.15) is 0 Å². The molecular formula is C10H14N2O. The van der Waals surface area contributed by atoms with Gasteiger partial charge in [-0.15, -0.1) is 0 Å². The van der Waals surface area contributed by atoms with Crippen molar-refractivity contribution in [2.75, 3.05) is 13.1 Å². The molecule has 0 radical (unpaired) electrons. The van der Waals surface area contributed by atoms with E-state index in [0.717, 1.165) is 24.2 Å². The van der Waals surface area contributed by atoms with Crippen LogP contribution < -0.4 is 0 Å². The topological polar surface area (TPSA) is 32.7 Å². The maximum absolute atomic E-state index is 11.1. The second-order valence-corrected chi connectivity index (χ2v) is 3.02. The lowest BCUT2D eigenvalue weighted by Gasteiger charge is -2.27. The van der Waals surface area contributed by atoms with E-state index in [1.165, 1.54) is 0 Å². The minimum absolute atomic E-state index is 0.0873. The molecule has 13 heavy (non-hydrogen) atoms. The summed E-state index contributed by atoms with van der Waals surface area (Å²) >= 11 is 0. The molecule has 0 atom stereocenters. The highest BCUT2D eigenvalue weighted by molar-refractivity contribution is 5.74. The molecule has 0 saturated carbocycles. The number of rotatable bonds is 2. The Morgan fingerprint density at radius 3 is 2.85 bits per heavy atom. The summed E-state index contributed by atoms with van der Waals surface area (Å²) in [5, 5.41) is 0. The zero-order valence-corrected chi connectivity index (χ0v) is 7.92. The van der Waals surface area contributed by atoms with Crippen molar-refractivity contribution in [2.24, 2.45) is 4.99 Å². The van der Waals surface area contributed by atoms with Crippen molar-refractivity contribution >= 4 is 12.6 Å². The second-order valence-electron chi connectivity index (χ2n) is 3.02. The summed E-state index contributed by atoms with van der Waals surface area (Å²) in [6.45, 7) is 10.1. The molecule has 1 heterocycles. The average Bonchev–Trinajstić information content (AvgIpc) is 2.16. The van der Waals surface area contributed by atoms with Gasteiger partial charge in [0.05, 0.1) is 12.2 Å².